The summed E-state index contributed by atoms with van der Waals surface area (Å²) in [6.07, 6.45) is 0.829. The van der Waals surface area contributed by atoms with E-state index < -0.39 is 34.7 Å². The number of rotatable bonds is 6. The van der Waals surface area contributed by atoms with Crippen molar-refractivity contribution < 1.29 is 27.8 Å². The van der Waals surface area contributed by atoms with Crippen LogP contribution in [0.15, 0.2) is 59.7 Å². The number of hydrogen-bond donors (Lipinski definition) is 2. The van der Waals surface area contributed by atoms with Gasteiger partial charge in [0.25, 0.3) is 5.56 Å². The molecule has 3 N–H and O–H groups in total. The fraction of sp³-hybridized carbons (Fsp3) is 0.400. The van der Waals surface area contributed by atoms with Gasteiger partial charge in [0.2, 0.25) is 17.7 Å². The van der Waals surface area contributed by atoms with Crippen molar-refractivity contribution in [3.8, 4) is 17.7 Å². The number of nitriles is 1. The quantitative estimate of drug-likeness (QED) is 0.446. The molecule has 1 amide bonds. The molecule has 42 heavy (non-hydrogen) atoms. The number of aliphatic hydroxyl groups is 1. The first-order valence-electron chi connectivity index (χ1n) is 13.6. The standard InChI is InChI=1S/C30H30F3N5O4/c31-24-14-21(7-6-20(24)16-34)42-26-25(35)28(40)38(18-36-26)17-29(41)10-12-37(13-11-29)27(39)22-8-9-30(32,33)15-23(22)19-4-2-1-3-5-19/h1-7,14,18,22-23,41H,8-13,15,17,35H2/t22-,23+/m1/s1. The molecule has 1 aliphatic heterocycles. The van der Waals surface area contributed by atoms with Crippen molar-refractivity contribution in [3.63, 3.8) is 0 Å². The lowest BCUT2D eigenvalue weighted by molar-refractivity contribution is -0.145. The molecule has 2 aliphatic rings. The van der Waals surface area contributed by atoms with Crippen molar-refractivity contribution in [2.75, 3.05) is 18.8 Å². The number of anilines is 1. The molecule has 0 unspecified atom stereocenters. The first-order chi connectivity index (χ1) is 20.0. The third-order valence-electron chi connectivity index (χ3n) is 8.15. The number of alkyl halides is 2. The maximum Gasteiger partial charge on any atom is 0.280 e. The number of nitrogens with zero attached hydrogens (tertiary/aromatic N) is 4. The number of ether oxygens (including phenoxy) is 1. The maximum atomic E-state index is 14.3. The van der Waals surface area contributed by atoms with Gasteiger partial charge in [-0.3, -0.25) is 14.2 Å². The predicted molar refractivity (Wildman–Crippen MR) is 146 cm³/mol. The molecular formula is C30H30F3N5O4. The number of carbonyl (C=O) groups excluding carboxylic acids is 1. The van der Waals surface area contributed by atoms with Crippen molar-refractivity contribution in [1.29, 1.82) is 5.26 Å². The molecular weight excluding hydrogens is 551 g/mol. The molecule has 12 heteroatoms. The minimum absolute atomic E-state index is 0.00490. The lowest BCUT2D eigenvalue weighted by Crippen LogP contribution is -2.52. The normalized spacial score (nSPS) is 21.4. The molecule has 0 radical (unpaired) electrons. The van der Waals surface area contributed by atoms with E-state index in [1.807, 2.05) is 0 Å². The van der Waals surface area contributed by atoms with Gasteiger partial charge in [0.15, 0.2) is 5.69 Å². The smallest absolute Gasteiger partial charge is 0.280 e. The number of aromatic nitrogens is 2. The Kier molecular flexibility index (Phi) is 7.97. The third-order valence-corrected chi connectivity index (χ3v) is 8.15. The Hall–Kier alpha value is -4.37. The molecule has 0 spiro atoms. The van der Waals surface area contributed by atoms with Crippen LogP contribution in [0, 0.1) is 23.1 Å². The monoisotopic (exact) mass is 581 g/mol. The van der Waals surface area contributed by atoms with Gasteiger partial charge >= 0.3 is 0 Å². The summed E-state index contributed by atoms with van der Waals surface area (Å²) in [5.74, 6) is -5.27. The van der Waals surface area contributed by atoms with Gasteiger partial charge < -0.3 is 20.5 Å². The number of hydrogen-bond acceptors (Lipinski definition) is 7. The van der Waals surface area contributed by atoms with Crippen LogP contribution in [-0.2, 0) is 11.3 Å². The van der Waals surface area contributed by atoms with Gasteiger partial charge in [-0.15, -0.1) is 0 Å². The highest BCUT2D eigenvalue weighted by Gasteiger charge is 2.46. The van der Waals surface area contributed by atoms with Crippen LogP contribution in [0.1, 0.15) is 49.1 Å². The Balaban J connectivity index is 1.24. The zero-order chi connectivity index (χ0) is 30.1. The van der Waals surface area contributed by atoms with Crippen LogP contribution >= 0.6 is 0 Å². The van der Waals surface area contributed by atoms with E-state index in [0.717, 1.165) is 17.0 Å². The fourth-order valence-electron chi connectivity index (χ4n) is 5.78. The average Bonchev–Trinajstić information content (AvgIpc) is 2.97. The van der Waals surface area contributed by atoms with Gasteiger partial charge in [-0.2, -0.15) is 5.26 Å². The number of piperidine rings is 1. The first kappa shape index (κ1) is 29.1. The summed E-state index contributed by atoms with van der Waals surface area (Å²) in [6.45, 7) is 0.263. The van der Waals surface area contributed by atoms with Gasteiger partial charge in [0.05, 0.1) is 17.7 Å². The van der Waals surface area contributed by atoms with E-state index in [1.54, 1.807) is 41.3 Å². The van der Waals surface area contributed by atoms with Crippen molar-refractivity contribution in [2.45, 2.75) is 56.1 Å². The van der Waals surface area contributed by atoms with Crippen LogP contribution in [0.4, 0.5) is 18.9 Å². The van der Waals surface area contributed by atoms with E-state index in [0.29, 0.717) is 5.56 Å². The van der Waals surface area contributed by atoms with E-state index in [4.69, 9.17) is 15.7 Å². The summed E-state index contributed by atoms with van der Waals surface area (Å²) in [4.78, 5) is 32.1. The molecule has 1 saturated carbocycles. The highest BCUT2D eigenvalue weighted by Crippen LogP contribution is 2.46. The maximum absolute atomic E-state index is 14.3. The summed E-state index contributed by atoms with van der Waals surface area (Å²) in [5.41, 5.74) is 4.13. The van der Waals surface area contributed by atoms with Crippen LogP contribution in [-0.4, -0.2) is 50.1 Å². The zero-order valence-corrected chi connectivity index (χ0v) is 22.7. The highest BCUT2D eigenvalue weighted by atomic mass is 19.3. The Labute approximate surface area is 240 Å². The first-order valence-corrected chi connectivity index (χ1v) is 13.6. The molecule has 2 fully saturated rings. The van der Waals surface area contributed by atoms with Crippen molar-refractivity contribution in [3.05, 3.63) is 82.2 Å². The topological polar surface area (TPSA) is 134 Å². The van der Waals surface area contributed by atoms with Crippen molar-refractivity contribution >= 4 is 11.6 Å². The molecule has 1 saturated heterocycles. The van der Waals surface area contributed by atoms with Gasteiger partial charge in [-0.1, -0.05) is 30.3 Å². The second kappa shape index (κ2) is 11.5. The van der Waals surface area contributed by atoms with Crippen LogP contribution < -0.4 is 16.0 Å². The Morgan fingerprint density at radius 1 is 1.17 bits per heavy atom. The highest BCUT2D eigenvalue weighted by molar-refractivity contribution is 5.80. The largest absolute Gasteiger partial charge is 0.437 e. The van der Waals surface area contributed by atoms with E-state index in [9.17, 15) is 27.9 Å². The average molecular weight is 582 g/mol. The van der Waals surface area contributed by atoms with Crippen molar-refractivity contribution in [1.82, 2.24) is 14.5 Å². The summed E-state index contributed by atoms with van der Waals surface area (Å²) in [6, 6.07) is 14.1. The minimum Gasteiger partial charge on any atom is -0.437 e. The predicted octanol–water partition coefficient (Wildman–Crippen LogP) is 4.20. The number of nitrogen functional groups attached to an aromatic ring is 1. The fourth-order valence-corrected chi connectivity index (χ4v) is 5.78. The van der Waals surface area contributed by atoms with Gasteiger partial charge in [0, 0.05) is 43.8 Å². The second-order valence-corrected chi connectivity index (χ2v) is 11.0. The third kappa shape index (κ3) is 6.11. The molecule has 0 bridgehead atoms. The Morgan fingerprint density at radius 2 is 1.88 bits per heavy atom. The van der Waals surface area contributed by atoms with Gasteiger partial charge in [0.1, 0.15) is 24.0 Å². The SMILES string of the molecule is N#Cc1ccc(Oc2ncn(CC3(O)CCN(C(=O)[C@@H]4CCC(F)(F)C[C@H]4c4ccccc4)CC3)c(=O)c2N)cc1F. The van der Waals surface area contributed by atoms with Crippen molar-refractivity contribution in [2.24, 2.45) is 5.92 Å². The summed E-state index contributed by atoms with van der Waals surface area (Å²) >= 11 is 0. The summed E-state index contributed by atoms with van der Waals surface area (Å²) in [5, 5.41) is 20.1. The second-order valence-electron chi connectivity index (χ2n) is 11.0. The molecule has 3 aromatic rings. The zero-order valence-electron chi connectivity index (χ0n) is 22.7. The van der Waals surface area contributed by atoms with E-state index in [-0.39, 0.29) is 80.5 Å². The molecule has 2 heterocycles. The lowest BCUT2D eigenvalue weighted by Gasteiger charge is -2.42. The van der Waals surface area contributed by atoms with Crippen LogP contribution in [0.5, 0.6) is 11.6 Å². The molecule has 1 aliphatic carbocycles. The van der Waals surface area contributed by atoms with E-state index in [2.05, 4.69) is 4.98 Å². The summed E-state index contributed by atoms with van der Waals surface area (Å²) in [7, 11) is 0. The number of halogens is 3. The molecule has 1 aromatic heterocycles. The molecule has 2 atom stereocenters. The molecule has 9 nitrogen and oxygen atoms in total. The number of likely N-dealkylation sites (tertiary alicyclic amines) is 1. The number of nitrogens with two attached hydrogens (primary N) is 1. The molecule has 5 rings (SSSR count). The Bertz CT molecular complexity index is 1570. The minimum atomic E-state index is -2.83. The Morgan fingerprint density at radius 3 is 2.55 bits per heavy atom. The molecule has 220 valence electrons. The number of benzene rings is 2. The van der Waals surface area contributed by atoms with Gasteiger partial charge in [-0.25, -0.2) is 18.2 Å². The number of amides is 1. The van der Waals surface area contributed by atoms with Gasteiger partial charge in [-0.05, 0) is 37.0 Å². The number of carbonyl (C=O) groups is 1. The summed E-state index contributed by atoms with van der Waals surface area (Å²) < 4.78 is 49.2. The molecule has 2 aromatic carbocycles. The van der Waals surface area contributed by atoms with E-state index >= 15 is 0 Å². The van der Waals surface area contributed by atoms with Crippen LogP contribution in [0.25, 0.3) is 0 Å². The van der Waals surface area contributed by atoms with Crippen LogP contribution in [0.3, 0.4) is 0 Å². The van der Waals surface area contributed by atoms with E-state index in [1.165, 1.54) is 12.1 Å². The lowest BCUT2D eigenvalue weighted by atomic mass is 9.73. The van der Waals surface area contributed by atoms with Crippen LogP contribution in [0.2, 0.25) is 0 Å².